The minimum absolute atomic E-state index is 0.0469. The van der Waals surface area contributed by atoms with Gasteiger partial charge in [0.05, 0.1) is 19.8 Å². The molecule has 1 N–H and O–H groups in total. The summed E-state index contributed by atoms with van der Waals surface area (Å²) in [5, 5.41) is 2.98. The van der Waals surface area contributed by atoms with Gasteiger partial charge in [-0.15, -0.1) is 0 Å². The molecule has 0 bridgehead atoms. The van der Waals surface area contributed by atoms with Gasteiger partial charge >= 0.3 is 0 Å². The van der Waals surface area contributed by atoms with E-state index in [2.05, 4.69) is 10.2 Å². The zero-order valence-corrected chi connectivity index (χ0v) is 11.0. The Morgan fingerprint density at radius 3 is 2.78 bits per heavy atom. The van der Waals surface area contributed by atoms with Gasteiger partial charge in [-0.3, -0.25) is 9.69 Å². The van der Waals surface area contributed by atoms with Crippen LogP contribution >= 0.6 is 0 Å². The molecule has 1 aliphatic heterocycles. The molecule has 98 valence electrons. The molecule has 2 rings (SSSR count). The summed E-state index contributed by atoms with van der Waals surface area (Å²) in [5.41, 5.74) is 3.16. The molecule has 0 spiro atoms. The van der Waals surface area contributed by atoms with Crippen molar-refractivity contribution in [3.05, 3.63) is 29.3 Å². The third kappa shape index (κ3) is 3.55. The Morgan fingerprint density at radius 1 is 1.33 bits per heavy atom. The molecule has 0 atom stereocenters. The lowest BCUT2D eigenvalue weighted by molar-refractivity contribution is -0.118. The van der Waals surface area contributed by atoms with Crippen LogP contribution in [0.15, 0.2) is 18.2 Å². The fourth-order valence-electron chi connectivity index (χ4n) is 2.02. The maximum atomic E-state index is 12.0. The molecule has 0 radical (unpaired) electrons. The second-order valence-corrected chi connectivity index (χ2v) is 4.76. The number of hydrogen-bond acceptors (Lipinski definition) is 3. The van der Waals surface area contributed by atoms with Gasteiger partial charge in [0.25, 0.3) is 0 Å². The van der Waals surface area contributed by atoms with Crippen LogP contribution in [0.1, 0.15) is 11.1 Å². The third-order valence-corrected chi connectivity index (χ3v) is 3.14. The molecule has 1 aromatic rings. The topological polar surface area (TPSA) is 41.6 Å². The van der Waals surface area contributed by atoms with E-state index in [-0.39, 0.29) is 5.91 Å². The van der Waals surface area contributed by atoms with Crippen molar-refractivity contribution in [1.29, 1.82) is 0 Å². The van der Waals surface area contributed by atoms with Crippen LogP contribution in [0.5, 0.6) is 0 Å². The zero-order chi connectivity index (χ0) is 13.0. The number of amides is 1. The van der Waals surface area contributed by atoms with E-state index in [1.54, 1.807) is 0 Å². The van der Waals surface area contributed by atoms with Gasteiger partial charge in [-0.1, -0.05) is 12.1 Å². The van der Waals surface area contributed by atoms with Crippen molar-refractivity contribution < 1.29 is 9.53 Å². The maximum absolute atomic E-state index is 12.0. The number of nitrogens with zero attached hydrogens (tertiary/aromatic N) is 1. The van der Waals surface area contributed by atoms with Crippen molar-refractivity contribution in [1.82, 2.24) is 4.90 Å². The lowest BCUT2D eigenvalue weighted by Gasteiger charge is -2.25. The minimum atomic E-state index is 0.0469. The van der Waals surface area contributed by atoms with E-state index < -0.39 is 0 Å². The molecular weight excluding hydrogens is 228 g/mol. The smallest absolute Gasteiger partial charge is 0.238 e. The second kappa shape index (κ2) is 5.98. The molecule has 1 aliphatic rings. The van der Waals surface area contributed by atoms with Gasteiger partial charge in [0.1, 0.15) is 0 Å². The average molecular weight is 248 g/mol. The number of rotatable bonds is 3. The Bertz CT molecular complexity index is 426. The number of aryl methyl sites for hydroxylation is 2. The fourth-order valence-corrected chi connectivity index (χ4v) is 2.02. The minimum Gasteiger partial charge on any atom is -0.379 e. The summed E-state index contributed by atoms with van der Waals surface area (Å²) < 4.78 is 5.26. The van der Waals surface area contributed by atoms with Crippen molar-refractivity contribution in [2.24, 2.45) is 0 Å². The van der Waals surface area contributed by atoms with E-state index in [0.717, 1.165) is 43.1 Å². The highest BCUT2D eigenvalue weighted by atomic mass is 16.5. The van der Waals surface area contributed by atoms with E-state index in [1.807, 2.05) is 32.0 Å². The summed E-state index contributed by atoms with van der Waals surface area (Å²) in [4.78, 5) is 14.1. The quantitative estimate of drug-likeness (QED) is 0.883. The van der Waals surface area contributed by atoms with E-state index in [1.165, 1.54) is 0 Å². The SMILES string of the molecule is Cc1ccc(C)c(NC(=O)CN2CCOCC2)c1. The highest BCUT2D eigenvalue weighted by Gasteiger charge is 2.14. The van der Waals surface area contributed by atoms with Crippen LogP contribution in [0.2, 0.25) is 0 Å². The monoisotopic (exact) mass is 248 g/mol. The molecule has 1 amide bonds. The number of ether oxygens (including phenoxy) is 1. The van der Waals surface area contributed by atoms with Gasteiger partial charge in [-0.2, -0.15) is 0 Å². The van der Waals surface area contributed by atoms with E-state index in [0.29, 0.717) is 6.54 Å². The van der Waals surface area contributed by atoms with E-state index in [4.69, 9.17) is 4.74 Å². The number of morpholine rings is 1. The highest BCUT2D eigenvalue weighted by molar-refractivity contribution is 5.93. The Kier molecular flexibility index (Phi) is 4.33. The number of carbonyl (C=O) groups is 1. The van der Waals surface area contributed by atoms with Gasteiger partial charge in [0.15, 0.2) is 0 Å². The van der Waals surface area contributed by atoms with Gasteiger partial charge < -0.3 is 10.1 Å². The number of benzene rings is 1. The average Bonchev–Trinajstić information content (AvgIpc) is 2.35. The van der Waals surface area contributed by atoms with Crippen molar-refractivity contribution in [2.45, 2.75) is 13.8 Å². The first kappa shape index (κ1) is 13.1. The van der Waals surface area contributed by atoms with Gasteiger partial charge in [-0.25, -0.2) is 0 Å². The van der Waals surface area contributed by atoms with Crippen molar-refractivity contribution in [3.8, 4) is 0 Å². The summed E-state index contributed by atoms with van der Waals surface area (Å²) in [6.07, 6.45) is 0. The Labute approximate surface area is 108 Å². The molecule has 0 saturated carbocycles. The largest absolute Gasteiger partial charge is 0.379 e. The molecule has 0 unspecified atom stereocenters. The lowest BCUT2D eigenvalue weighted by Crippen LogP contribution is -2.41. The van der Waals surface area contributed by atoms with Crippen molar-refractivity contribution in [2.75, 3.05) is 38.2 Å². The van der Waals surface area contributed by atoms with Crippen molar-refractivity contribution in [3.63, 3.8) is 0 Å². The molecular formula is C14H20N2O2. The first-order valence-corrected chi connectivity index (χ1v) is 6.32. The van der Waals surface area contributed by atoms with Gasteiger partial charge in [0, 0.05) is 18.8 Å². The Balaban J connectivity index is 1.92. The van der Waals surface area contributed by atoms with Crippen LogP contribution in [0, 0.1) is 13.8 Å². The highest BCUT2D eigenvalue weighted by Crippen LogP contribution is 2.16. The van der Waals surface area contributed by atoms with Crippen LogP contribution < -0.4 is 5.32 Å². The molecule has 1 heterocycles. The van der Waals surface area contributed by atoms with Crippen LogP contribution in [0.3, 0.4) is 0 Å². The second-order valence-electron chi connectivity index (χ2n) is 4.76. The summed E-state index contributed by atoms with van der Waals surface area (Å²) in [6.45, 7) is 7.57. The third-order valence-electron chi connectivity index (χ3n) is 3.14. The normalized spacial score (nSPS) is 16.6. The molecule has 18 heavy (non-hydrogen) atoms. The van der Waals surface area contributed by atoms with E-state index in [9.17, 15) is 4.79 Å². The first-order valence-electron chi connectivity index (χ1n) is 6.32. The Morgan fingerprint density at radius 2 is 2.06 bits per heavy atom. The predicted octanol–water partition coefficient (Wildman–Crippen LogP) is 1.57. The first-order chi connectivity index (χ1) is 8.65. The Hall–Kier alpha value is -1.39. The summed E-state index contributed by atoms with van der Waals surface area (Å²) in [6, 6.07) is 6.08. The summed E-state index contributed by atoms with van der Waals surface area (Å²) in [5.74, 6) is 0.0469. The molecule has 1 saturated heterocycles. The van der Waals surface area contributed by atoms with Crippen LogP contribution in [0.4, 0.5) is 5.69 Å². The zero-order valence-electron chi connectivity index (χ0n) is 11.0. The van der Waals surface area contributed by atoms with E-state index >= 15 is 0 Å². The van der Waals surface area contributed by atoms with Crippen LogP contribution in [-0.4, -0.2) is 43.7 Å². The molecule has 0 aliphatic carbocycles. The lowest BCUT2D eigenvalue weighted by atomic mass is 10.1. The fraction of sp³-hybridized carbons (Fsp3) is 0.500. The van der Waals surface area contributed by atoms with Gasteiger partial charge in [-0.05, 0) is 31.0 Å². The summed E-state index contributed by atoms with van der Waals surface area (Å²) >= 11 is 0. The number of hydrogen-bond donors (Lipinski definition) is 1. The molecule has 1 aromatic carbocycles. The molecule has 4 heteroatoms. The van der Waals surface area contributed by atoms with Crippen molar-refractivity contribution >= 4 is 11.6 Å². The van der Waals surface area contributed by atoms with Crippen LogP contribution in [0.25, 0.3) is 0 Å². The maximum Gasteiger partial charge on any atom is 0.238 e. The molecule has 1 fully saturated rings. The number of anilines is 1. The predicted molar refractivity (Wildman–Crippen MR) is 71.8 cm³/mol. The number of carbonyl (C=O) groups excluding carboxylic acids is 1. The molecule has 4 nitrogen and oxygen atoms in total. The standard InChI is InChI=1S/C14H20N2O2/c1-11-3-4-12(2)13(9-11)15-14(17)10-16-5-7-18-8-6-16/h3-4,9H,5-8,10H2,1-2H3,(H,15,17). The van der Waals surface area contributed by atoms with Gasteiger partial charge in [0.2, 0.25) is 5.91 Å². The van der Waals surface area contributed by atoms with Crippen LogP contribution in [-0.2, 0) is 9.53 Å². The molecule has 0 aromatic heterocycles. The number of nitrogens with one attached hydrogen (secondary N) is 1. The summed E-state index contributed by atoms with van der Waals surface area (Å²) in [7, 11) is 0.